The van der Waals surface area contributed by atoms with Crippen LogP contribution in [0.15, 0.2) is 24.3 Å². The second kappa shape index (κ2) is 5.97. The van der Waals surface area contributed by atoms with Crippen molar-refractivity contribution in [3.05, 3.63) is 35.4 Å². The maximum Gasteiger partial charge on any atom is 0.329 e. The molecule has 0 saturated carbocycles. The fraction of sp³-hybridized carbons (Fsp3) is 0.400. The second-order valence-electron chi connectivity index (χ2n) is 2.81. The van der Waals surface area contributed by atoms with Crippen LogP contribution in [0, 0.1) is 6.92 Å². The molecule has 0 aromatic heterocycles. The second-order valence-corrected chi connectivity index (χ2v) is 4.45. The first-order valence-electron chi connectivity index (χ1n) is 4.57. The van der Waals surface area contributed by atoms with Crippen LogP contribution >= 0.6 is 7.60 Å². The van der Waals surface area contributed by atoms with Gasteiger partial charge in [0.2, 0.25) is 0 Å². The SMILES string of the molecule is CC.Cc1ccc(CP(=O)(O)O)cc1. The highest BCUT2D eigenvalue weighted by Gasteiger charge is 2.12. The molecule has 0 saturated heterocycles. The van der Waals surface area contributed by atoms with Crippen molar-refractivity contribution in [2.75, 3.05) is 0 Å². The van der Waals surface area contributed by atoms with Crippen LogP contribution in [0.3, 0.4) is 0 Å². The van der Waals surface area contributed by atoms with E-state index in [1.54, 1.807) is 12.1 Å². The lowest BCUT2D eigenvalue weighted by atomic mass is 10.2. The standard InChI is InChI=1S/C8H11O3P.C2H6/c1-7-2-4-8(5-3-7)6-12(9,10)11;1-2/h2-5H,6H2,1H3,(H2,9,10,11);1-2H3. The number of hydrogen-bond donors (Lipinski definition) is 2. The van der Waals surface area contributed by atoms with Gasteiger partial charge in [-0.1, -0.05) is 43.7 Å². The molecule has 0 heterocycles. The van der Waals surface area contributed by atoms with Crippen LogP contribution in [0.1, 0.15) is 25.0 Å². The van der Waals surface area contributed by atoms with Crippen LogP contribution < -0.4 is 0 Å². The summed E-state index contributed by atoms with van der Waals surface area (Å²) in [5.41, 5.74) is 1.76. The largest absolute Gasteiger partial charge is 0.329 e. The summed E-state index contributed by atoms with van der Waals surface area (Å²) in [6, 6.07) is 7.14. The number of aryl methyl sites for hydroxylation is 1. The molecule has 0 aliphatic rings. The van der Waals surface area contributed by atoms with Gasteiger partial charge in [0, 0.05) is 0 Å². The molecule has 0 aliphatic heterocycles. The van der Waals surface area contributed by atoms with E-state index in [9.17, 15) is 4.57 Å². The van der Waals surface area contributed by atoms with Gasteiger partial charge in [-0.25, -0.2) is 0 Å². The number of benzene rings is 1. The highest BCUT2D eigenvalue weighted by Crippen LogP contribution is 2.38. The predicted octanol–water partition coefficient (Wildman–Crippen LogP) is 2.70. The normalized spacial score (nSPS) is 10.4. The lowest BCUT2D eigenvalue weighted by Crippen LogP contribution is -1.86. The molecule has 2 N–H and O–H groups in total. The van der Waals surface area contributed by atoms with E-state index in [1.165, 1.54) is 0 Å². The zero-order valence-corrected chi connectivity index (χ0v) is 9.66. The Bertz CT molecular complexity index is 300. The van der Waals surface area contributed by atoms with Crippen molar-refractivity contribution in [3.8, 4) is 0 Å². The van der Waals surface area contributed by atoms with Gasteiger partial charge in [-0.15, -0.1) is 0 Å². The first-order valence-corrected chi connectivity index (χ1v) is 6.37. The van der Waals surface area contributed by atoms with Crippen molar-refractivity contribution in [1.29, 1.82) is 0 Å². The number of rotatable bonds is 2. The van der Waals surface area contributed by atoms with Crippen LogP contribution in [0.2, 0.25) is 0 Å². The van der Waals surface area contributed by atoms with E-state index < -0.39 is 7.60 Å². The lowest BCUT2D eigenvalue weighted by molar-refractivity contribution is 0.371. The van der Waals surface area contributed by atoms with E-state index in [1.807, 2.05) is 32.9 Å². The molecule has 0 bridgehead atoms. The van der Waals surface area contributed by atoms with Crippen molar-refractivity contribution in [1.82, 2.24) is 0 Å². The van der Waals surface area contributed by atoms with Gasteiger partial charge in [0.15, 0.2) is 0 Å². The van der Waals surface area contributed by atoms with Crippen molar-refractivity contribution in [3.63, 3.8) is 0 Å². The Kier molecular flexibility index (Phi) is 5.70. The smallest absolute Gasteiger partial charge is 0.324 e. The van der Waals surface area contributed by atoms with Gasteiger partial charge >= 0.3 is 7.60 Å². The molecule has 0 radical (unpaired) electrons. The van der Waals surface area contributed by atoms with Gasteiger partial charge in [0.05, 0.1) is 6.16 Å². The summed E-state index contributed by atoms with van der Waals surface area (Å²) >= 11 is 0. The molecule has 0 amide bonds. The summed E-state index contributed by atoms with van der Waals surface area (Å²) in [6.07, 6.45) is -0.173. The fourth-order valence-corrected chi connectivity index (χ4v) is 1.62. The Balaban J connectivity index is 0.000000791. The molecule has 14 heavy (non-hydrogen) atoms. The van der Waals surface area contributed by atoms with E-state index in [0.717, 1.165) is 5.56 Å². The van der Waals surface area contributed by atoms with E-state index in [4.69, 9.17) is 9.79 Å². The lowest BCUT2D eigenvalue weighted by Gasteiger charge is -2.03. The Hall–Kier alpha value is -0.630. The summed E-state index contributed by atoms with van der Waals surface area (Å²) in [7, 11) is -3.90. The third-order valence-corrected chi connectivity index (χ3v) is 2.29. The van der Waals surface area contributed by atoms with E-state index in [0.29, 0.717) is 5.56 Å². The minimum absolute atomic E-state index is 0.173. The molecule has 0 aliphatic carbocycles. The van der Waals surface area contributed by atoms with Crippen molar-refractivity contribution in [2.45, 2.75) is 26.9 Å². The van der Waals surface area contributed by atoms with E-state index in [-0.39, 0.29) is 6.16 Å². The summed E-state index contributed by atoms with van der Waals surface area (Å²) in [5, 5.41) is 0. The van der Waals surface area contributed by atoms with Crippen molar-refractivity contribution >= 4 is 7.60 Å². The average molecular weight is 216 g/mol. The maximum atomic E-state index is 10.6. The Labute approximate surface area is 84.9 Å². The fourth-order valence-electron chi connectivity index (χ4n) is 0.931. The Morgan fingerprint density at radius 1 is 1.14 bits per heavy atom. The zero-order valence-electron chi connectivity index (χ0n) is 8.77. The molecular formula is C10H17O3P. The molecule has 80 valence electrons. The summed E-state index contributed by atoms with van der Waals surface area (Å²) in [6.45, 7) is 5.93. The first kappa shape index (κ1) is 13.4. The topological polar surface area (TPSA) is 57.5 Å². The predicted molar refractivity (Wildman–Crippen MR) is 58.3 cm³/mol. The van der Waals surface area contributed by atoms with Gasteiger partial charge in [-0.05, 0) is 12.5 Å². The third kappa shape index (κ3) is 5.92. The summed E-state index contributed by atoms with van der Waals surface area (Å²) in [5.74, 6) is 0. The van der Waals surface area contributed by atoms with Gasteiger partial charge in [-0.2, -0.15) is 0 Å². The van der Waals surface area contributed by atoms with Crippen LogP contribution in [0.4, 0.5) is 0 Å². The van der Waals surface area contributed by atoms with Crippen LogP contribution in [-0.2, 0) is 10.7 Å². The molecule has 0 unspecified atom stereocenters. The molecule has 0 spiro atoms. The monoisotopic (exact) mass is 216 g/mol. The van der Waals surface area contributed by atoms with Gasteiger partial charge in [0.1, 0.15) is 0 Å². The Morgan fingerprint density at radius 2 is 1.57 bits per heavy atom. The zero-order chi connectivity index (χ0) is 11.2. The quantitative estimate of drug-likeness (QED) is 0.747. The van der Waals surface area contributed by atoms with Crippen LogP contribution in [0.25, 0.3) is 0 Å². The molecular weight excluding hydrogens is 199 g/mol. The van der Waals surface area contributed by atoms with Crippen LogP contribution in [0.5, 0.6) is 0 Å². The van der Waals surface area contributed by atoms with Gasteiger partial charge in [-0.3, -0.25) is 4.57 Å². The molecule has 1 rings (SSSR count). The minimum Gasteiger partial charge on any atom is -0.324 e. The van der Waals surface area contributed by atoms with Gasteiger partial charge < -0.3 is 9.79 Å². The minimum atomic E-state index is -3.90. The van der Waals surface area contributed by atoms with E-state index in [2.05, 4.69) is 0 Å². The highest BCUT2D eigenvalue weighted by molar-refractivity contribution is 7.50. The third-order valence-electron chi connectivity index (χ3n) is 1.51. The van der Waals surface area contributed by atoms with E-state index >= 15 is 0 Å². The molecule has 0 fully saturated rings. The highest BCUT2D eigenvalue weighted by atomic mass is 31.2. The van der Waals surface area contributed by atoms with Crippen LogP contribution in [-0.4, -0.2) is 9.79 Å². The first-order chi connectivity index (χ1) is 6.47. The summed E-state index contributed by atoms with van der Waals surface area (Å²) < 4.78 is 10.6. The molecule has 0 atom stereocenters. The maximum absolute atomic E-state index is 10.6. The molecule has 1 aromatic carbocycles. The average Bonchev–Trinajstić information content (AvgIpc) is 2.10. The van der Waals surface area contributed by atoms with Crippen molar-refractivity contribution < 1.29 is 14.4 Å². The summed E-state index contributed by atoms with van der Waals surface area (Å²) in [4.78, 5) is 17.3. The molecule has 1 aromatic rings. The van der Waals surface area contributed by atoms with Crippen molar-refractivity contribution in [2.24, 2.45) is 0 Å². The number of hydrogen-bond acceptors (Lipinski definition) is 1. The molecule has 3 nitrogen and oxygen atoms in total. The Morgan fingerprint density at radius 3 is 1.93 bits per heavy atom. The molecule has 4 heteroatoms. The van der Waals surface area contributed by atoms with Gasteiger partial charge in [0.25, 0.3) is 0 Å².